The number of allylic oxidation sites excluding steroid dienone is 5. The number of carbonyl (C=O) groups is 2. The smallest absolute Gasteiger partial charge is 0.335 e. The molecular formula is C32H36N2O5. The lowest BCUT2D eigenvalue weighted by molar-refractivity contribution is -0.186. The second-order valence-electron chi connectivity index (χ2n) is 11.7. The number of carbonyl (C=O) groups excluding carboxylic acids is 1. The molecule has 1 saturated carbocycles. The fraction of sp³-hybridized carbons (Fsp3) is 0.500. The molecule has 1 aromatic heterocycles. The van der Waals surface area contributed by atoms with Crippen molar-refractivity contribution in [3.05, 3.63) is 64.4 Å². The van der Waals surface area contributed by atoms with Crippen LogP contribution in [0, 0.1) is 0 Å². The Balaban J connectivity index is 1.33. The summed E-state index contributed by atoms with van der Waals surface area (Å²) in [6.45, 7) is 2.90. The molecule has 0 unspecified atom stereocenters. The molecule has 204 valence electrons. The maximum Gasteiger partial charge on any atom is 0.335 e. The lowest BCUT2D eigenvalue weighted by atomic mass is 9.80. The van der Waals surface area contributed by atoms with Gasteiger partial charge in [-0.05, 0) is 60.9 Å². The molecule has 1 spiro atoms. The van der Waals surface area contributed by atoms with Gasteiger partial charge in [-0.1, -0.05) is 37.5 Å². The predicted octanol–water partition coefficient (Wildman–Crippen LogP) is 5.80. The van der Waals surface area contributed by atoms with Gasteiger partial charge in [0.15, 0.2) is 5.79 Å². The molecule has 2 saturated heterocycles. The highest BCUT2D eigenvalue weighted by Gasteiger charge is 2.41. The molecule has 7 nitrogen and oxygen atoms in total. The van der Waals surface area contributed by atoms with Crippen molar-refractivity contribution in [1.82, 2.24) is 9.47 Å². The highest BCUT2D eigenvalue weighted by atomic mass is 16.7. The van der Waals surface area contributed by atoms with Crippen LogP contribution in [0.5, 0.6) is 0 Å². The Kier molecular flexibility index (Phi) is 6.24. The summed E-state index contributed by atoms with van der Waals surface area (Å²) in [6.07, 6.45) is 15.9. The van der Waals surface area contributed by atoms with E-state index in [-0.39, 0.29) is 11.5 Å². The average Bonchev–Trinajstić information content (AvgIpc) is 3.50. The number of piperidine rings is 1. The van der Waals surface area contributed by atoms with Crippen molar-refractivity contribution in [1.29, 1.82) is 0 Å². The highest BCUT2D eigenvalue weighted by Crippen LogP contribution is 2.46. The van der Waals surface area contributed by atoms with Crippen molar-refractivity contribution in [2.24, 2.45) is 0 Å². The Morgan fingerprint density at radius 2 is 1.79 bits per heavy atom. The molecule has 2 aliphatic carbocycles. The van der Waals surface area contributed by atoms with Gasteiger partial charge >= 0.3 is 5.97 Å². The normalized spacial score (nSPS) is 23.1. The first kappa shape index (κ1) is 24.9. The third-order valence-electron chi connectivity index (χ3n) is 9.41. The SMILES string of the molecule is O=C(O)c1ccc2c(C3CCCCC3)c3n(c2c1)CC(C(=O)N1CCC2(CC1)OCCO2)=CC1=C3C=CCC1. The molecule has 0 atom stereocenters. The number of likely N-dealkylation sites (tertiary alicyclic amines) is 1. The van der Waals surface area contributed by atoms with Crippen molar-refractivity contribution < 1.29 is 24.2 Å². The fourth-order valence-corrected chi connectivity index (χ4v) is 7.43. The maximum absolute atomic E-state index is 14.0. The van der Waals surface area contributed by atoms with Crippen molar-refractivity contribution in [2.45, 2.75) is 76.0 Å². The van der Waals surface area contributed by atoms with Gasteiger partial charge in [-0.2, -0.15) is 0 Å². The number of aromatic carboxylic acids is 1. The minimum absolute atomic E-state index is 0.0626. The molecule has 1 amide bonds. The maximum atomic E-state index is 14.0. The van der Waals surface area contributed by atoms with Crippen LogP contribution >= 0.6 is 0 Å². The van der Waals surface area contributed by atoms with Crippen LogP contribution in [0.25, 0.3) is 16.5 Å². The Hall–Kier alpha value is -3.16. The second kappa shape index (κ2) is 9.79. The van der Waals surface area contributed by atoms with Gasteiger partial charge in [-0.25, -0.2) is 4.79 Å². The molecule has 0 bridgehead atoms. The van der Waals surface area contributed by atoms with Crippen molar-refractivity contribution in [2.75, 3.05) is 26.3 Å². The second-order valence-corrected chi connectivity index (χ2v) is 11.7. The molecule has 5 aliphatic rings. The average molecular weight is 529 g/mol. The summed E-state index contributed by atoms with van der Waals surface area (Å²) in [5.41, 5.74) is 6.92. The lowest BCUT2D eigenvalue weighted by Crippen LogP contribution is -2.47. The van der Waals surface area contributed by atoms with Crippen molar-refractivity contribution in [3.8, 4) is 0 Å². The van der Waals surface area contributed by atoms with E-state index < -0.39 is 11.8 Å². The van der Waals surface area contributed by atoms with Crippen LogP contribution in [0.15, 0.2) is 47.6 Å². The zero-order valence-corrected chi connectivity index (χ0v) is 22.4. The molecule has 1 aromatic carbocycles. The summed E-state index contributed by atoms with van der Waals surface area (Å²) in [7, 11) is 0. The van der Waals surface area contributed by atoms with Crippen molar-refractivity contribution >= 4 is 28.4 Å². The number of aromatic nitrogens is 1. The van der Waals surface area contributed by atoms with Crippen LogP contribution in [0.1, 0.15) is 85.3 Å². The fourth-order valence-electron chi connectivity index (χ4n) is 7.43. The number of fused-ring (bicyclic) bond motifs is 4. The summed E-state index contributed by atoms with van der Waals surface area (Å²) in [4.78, 5) is 28.0. The van der Waals surface area contributed by atoms with Crippen LogP contribution in [0.3, 0.4) is 0 Å². The van der Waals surface area contributed by atoms with Gasteiger partial charge < -0.3 is 24.0 Å². The number of carboxylic acid groups (broad SMARTS) is 1. The summed E-state index contributed by atoms with van der Waals surface area (Å²) >= 11 is 0. The van der Waals surface area contributed by atoms with Gasteiger partial charge in [0.1, 0.15) is 0 Å². The van der Waals surface area contributed by atoms with Gasteiger partial charge in [0.25, 0.3) is 5.91 Å². The molecule has 7 rings (SSSR count). The summed E-state index contributed by atoms with van der Waals surface area (Å²) in [5.74, 6) is -0.945. The monoisotopic (exact) mass is 528 g/mol. The van der Waals surface area contributed by atoms with E-state index in [1.807, 2.05) is 17.0 Å². The molecule has 2 aromatic rings. The zero-order valence-electron chi connectivity index (χ0n) is 22.4. The molecule has 7 heteroatoms. The summed E-state index contributed by atoms with van der Waals surface area (Å²) < 4.78 is 14.0. The number of hydrogen-bond acceptors (Lipinski definition) is 4. The molecule has 3 fully saturated rings. The topological polar surface area (TPSA) is 81.0 Å². The Bertz CT molecular complexity index is 1420. The molecule has 39 heavy (non-hydrogen) atoms. The van der Waals surface area contributed by atoms with E-state index in [0.717, 1.165) is 42.2 Å². The minimum atomic E-state index is -0.928. The van der Waals surface area contributed by atoms with E-state index in [4.69, 9.17) is 9.47 Å². The van der Waals surface area contributed by atoms with Gasteiger partial charge in [-0.15, -0.1) is 0 Å². The van der Waals surface area contributed by atoms with E-state index in [9.17, 15) is 14.7 Å². The molecule has 3 aliphatic heterocycles. The molecule has 0 radical (unpaired) electrons. The van der Waals surface area contributed by atoms with E-state index in [2.05, 4.69) is 22.8 Å². The largest absolute Gasteiger partial charge is 0.478 e. The van der Waals surface area contributed by atoms with E-state index in [1.54, 1.807) is 6.07 Å². The van der Waals surface area contributed by atoms with Gasteiger partial charge in [0, 0.05) is 48.0 Å². The van der Waals surface area contributed by atoms with E-state index in [1.165, 1.54) is 41.7 Å². The van der Waals surface area contributed by atoms with Crippen LogP contribution in [-0.2, 0) is 20.8 Å². The number of amides is 1. The first-order valence-corrected chi connectivity index (χ1v) is 14.6. The van der Waals surface area contributed by atoms with Gasteiger partial charge in [-0.3, -0.25) is 4.79 Å². The summed E-state index contributed by atoms with van der Waals surface area (Å²) in [5, 5.41) is 11.0. The Morgan fingerprint density at radius 3 is 2.54 bits per heavy atom. The quantitative estimate of drug-likeness (QED) is 0.545. The number of ether oxygens (including phenoxy) is 2. The zero-order chi connectivity index (χ0) is 26.6. The van der Waals surface area contributed by atoms with Gasteiger partial charge in [0.05, 0.1) is 31.0 Å². The van der Waals surface area contributed by atoms with Gasteiger partial charge in [0.2, 0.25) is 0 Å². The van der Waals surface area contributed by atoms with Crippen LogP contribution in [0.2, 0.25) is 0 Å². The number of carboxylic acids is 1. The lowest BCUT2D eigenvalue weighted by Gasteiger charge is -2.38. The Labute approximate surface area is 228 Å². The standard InChI is InChI=1S/C32H36N2O5/c35-30(33-14-12-32(13-15-33)38-16-17-39-32)24-18-22-8-4-5-9-25(22)29-28(21-6-2-1-3-7-21)26-11-10-23(31(36)37)19-27(26)34(29)20-24/h5,9-11,18-19,21H,1-4,6-8,12-17,20H2,(H,36,37). The third kappa shape index (κ3) is 4.27. The highest BCUT2D eigenvalue weighted by molar-refractivity contribution is 6.01. The van der Waals surface area contributed by atoms with E-state index >= 15 is 0 Å². The number of hydrogen-bond donors (Lipinski definition) is 1. The summed E-state index contributed by atoms with van der Waals surface area (Å²) in [6, 6.07) is 5.56. The number of nitrogens with zero attached hydrogens (tertiary/aromatic N) is 2. The first-order chi connectivity index (χ1) is 19.0. The van der Waals surface area contributed by atoms with Crippen LogP contribution in [-0.4, -0.2) is 58.5 Å². The Morgan fingerprint density at radius 1 is 1.03 bits per heavy atom. The van der Waals surface area contributed by atoms with Crippen LogP contribution in [0.4, 0.5) is 0 Å². The molecule has 1 N–H and O–H groups in total. The predicted molar refractivity (Wildman–Crippen MR) is 149 cm³/mol. The van der Waals surface area contributed by atoms with Crippen LogP contribution < -0.4 is 0 Å². The van der Waals surface area contributed by atoms with Crippen molar-refractivity contribution in [3.63, 3.8) is 0 Å². The number of benzene rings is 1. The third-order valence-corrected chi connectivity index (χ3v) is 9.41. The number of rotatable bonds is 3. The van der Waals surface area contributed by atoms with E-state index in [0.29, 0.717) is 51.6 Å². The minimum Gasteiger partial charge on any atom is -0.478 e. The molecule has 4 heterocycles. The first-order valence-electron chi connectivity index (χ1n) is 14.6. The molecular weight excluding hydrogens is 492 g/mol.